The maximum atomic E-state index is 13.4. The smallest absolute Gasteiger partial charge is 0.339 e. The lowest BCUT2D eigenvalue weighted by Crippen LogP contribution is -2.15. The number of benzene rings is 3. The molecule has 2 heterocycles. The van der Waals surface area contributed by atoms with Crippen LogP contribution in [0.3, 0.4) is 0 Å². The zero-order valence-corrected chi connectivity index (χ0v) is 21.0. The highest BCUT2D eigenvalue weighted by atomic mass is 16.6. The maximum Gasteiger partial charge on any atom is 0.339 e. The van der Waals surface area contributed by atoms with E-state index in [-0.39, 0.29) is 16.8 Å². The van der Waals surface area contributed by atoms with E-state index >= 15 is 0 Å². The molecule has 0 unspecified atom stereocenters. The summed E-state index contributed by atoms with van der Waals surface area (Å²) in [5.41, 5.74) is 3.04. The van der Waals surface area contributed by atoms with Crippen molar-refractivity contribution >= 4 is 28.5 Å². The number of carbonyl (C=O) groups is 2. The Morgan fingerprint density at radius 2 is 1.72 bits per heavy atom. The standard InChI is InChI=1S/C29H22N4O6/c1-18-27-24(29(35)39-17-26(34)20-7-6-10-22(15-20)33(36)37)16-25(19-11-13-23(38-2)14-12-19)30-28(27)32(31-18)21-8-4-3-5-9-21/h3-16H,17H2,1-2H3. The summed E-state index contributed by atoms with van der Waals surface area (Å²) >= 11 is 0. The third-order valence-corrected chi connectivity index (χ3v) is 6.13. The number of hydrogen-bond donors (Lipinski definition) is 0. The average molecular weight is 523 g/mol. The molecule has 194 valence electrons. The van der Waals surface area contributed by atoms with Gasteiger partial charge in [-0.15, -0.1) is 0 Å². The van der Waals surface area contributed by atoms with Gasteiger partial charge in [0.15, 0.2) is 12.3 Å². The number of aromatic nitrogens is 3. The molecule has 0 N–H and O–H groups in total. The molecule has 0 spiro atoms. The summed E-state index contributed by atoms with van der Waals surface area (Å²) < 4.78 is 12.3. The monoisotopic (exact) mass is 522 g/mol. The normalized spacial score (nSPS) is 10.8. The van der Waals surface area contributed by atoms with Gasteiger partial charge in [0.1, 0.15) is 5.75 Å². The molecule has 3 aromatic carbocycles. The molecule has 39 heavy (non-hydrogen) atoms. The Bertz CT molecular complexity index is 1710. The molecule has 2 aromatic heterocycles. The van der Waals surface area contributed by atoms with Crippen LogP contribution < -0.4 is 4.74 Å². The molecule has 0 fully saturated rings. The number of para-hydroxylation sites is 1. The van der Waals surface area contributed by atoms with Crippen LogP contribution in [0.15, 0.2) is 84.9 Å². The van der Waals surface area contributed by atoms with Crippen molar-refractivity contribution in [1.29, 1.82) is 0 Å². The number of ketones is 1. The second kappa shape index (κ2) is 10.5. The van der Waals surface area contributed by atoms with E-state index in [1.807, 2.05) is 42.5 Å². The minimum absolute atomic E-state index is 0.0730. The predicted octanol–water partition coefficient (Wildman–Crippen LogP) is 5.35. The second-order valence-corrected chi connectivity index (χ2v) is 8.62. The number of nitro groups is 1. The highest BCUT2D eigenvalue weighted by Gasteiger charge is 2.23. The number of rotatable bonds is 8. The van der Waals surface area contributed by atoms with Crippen LogP contribution in [0.5, 0.6) is 5.75 Å². The zero-order valence-electron chi connectivity index (χ0n) is 21.0. The summed E-state index contributed by atoms with van der Waals surface area (Å²) in [5.74, 6) is -0.639. The number of non-ortho nitro benzene ring substituents is 1. The van der Waals surface area contributed by atoms with Gasteiger partial charge in [0.2, 0.25) is 5.78 Å². The third kappa shape index (κ3) is 5.08. The third-order valence-electron chi connectivity index (χ3n) is 6.13. The fraction of sp³-hybridized carbons (Fsp3) is 0.103. The van der Waals surface area contributed by atoms with Crippen molar-refractivity contribution in [3.8, 4) is 22.7 Å². The fourth-order valence-electron chi connectivity index (χ4n) is 4.19. The molecule has 0 saturated heterocycles. The SMILES string of the molecule is COc1ccc(-c2cc(C(=O)OCC(=O)c3cccc([N+](=O)[O-])c3)c3c(C)nn(-c4ccccc4)c3n2)cc1. The van der Waals surface area contributed by atoms with Crippen molar-refractivity contribution in [2.24, 2.45) is 0 Å². The van der Waals surface area contributed by atoms with Gasteiger partial charge in [0, 0.05) is 23.3 Å². The molecule has 10 heteroatoms. The number of carbonyl (C=O) groups excluding carboxylic acids is 2. The fourth-order valence-corrected chi connectivity index (χ4v) is 4.19. The van der Waals surface area contributed by atoms with Crippen LogP contribution in [0.4, 0.5) is 5.69 Å². The Labute approximate surface area is 222 Å². The van der Waals surface area contributed by atoms with E-state index in [0.717, 1.165) is 17.3 Å². The summed E-state index contributed by atoms with van der Waals surface area (Å²) in [6, 6.07) is 23.5. The van der Waals surface area contributed by atoms with Crippen molar-refractivity contribution in [2.75, 3.05) is 13.7 Å². The van der Waals surface area contributed by atoms with E-state index in [0.29, 0.717) is 28.2 Å². The van der Waals surface area contributed by atoms with Gasteiger partial charge in [-0.25, -0.2) is 14.5 Å². The van der Waals surface area contributed by atoms with Crippen molar-refractivity contribution in [3.05, 3.63) is 112 Å². The first-order valence-corrected chi connectivity index (χ1v) is 11.9. The first-order chi connectivity index (χ1) is 18.9. The molecular weight excluding hydrogens is 500 g/mol. The highest BCUT2D eigenvalue weighted by molar-refractivity contribution is 6.06. The molecule has 0 aliphatic rings. The van der Waals surface area contributed by atoms with Crippen LogP contribution in [-0.2, 0) is 4.74 Å². The Kier molecular flexibility index (Phi) is 6.83. The van der Waals surface area contributed by atoms with Crippen molar-refractivity contribution in [1.82, 2.24) is 14.8 Å². The number of esters is 1. The average Bonchev–Trinajstić information content (AvgIpc) is 3.31. The van der Waals surface area contributed by atoms with Crippen LogP contribution in [0.25, 0.3) is 28.0 Å². The minimum Gasteiger partial charge on any atom is -0.497 e. The van der Waals surface area contributed by atoms with Crippen LogP contribution >= 0.6 is 0 Å². The largest absolute Gasteiger partial charge is 0.497 e. The van der Waals surface area contributed by atoms with Crippen LogP contribution in [-0.4, -0.2) is 45.2 Å². The number of nitrogens with zero attached hydrogens (tertiary/aromatic N) is 4. The number of nitro benzene ring substituents is 1. The second-order valence-electron chi connectivity index (χ2n) is 8.62. The van der Waals surface area contributed by atoms with Gasteiger partial charge in [0.05, 0.1) is 40.1 Å². The first-order valence-electron chi connectivity index (χ1n) is 11.9. The quantitative estimate of drug-likeness (QED) is 0.115. The van der Waals surface area contributed by atoms with Crippen LogP contribution in [0, 0.1) is 17.0 Å². The molecule has 0 aliphatic heterocycles. The maximum absolute atomic E-state index is 13.4. The molecule has 5 rings (SSSR count). The molecule has 10 nitrogen and oxygen atoms in total. The van der Waals surface area contributed by atoms with E-state index < -0.39 is 23.3 Å². The number of methoxy groups -OCH3 is 1. The Morgan fingerprint density at radius 3 is 2.41 bits per heavy atom. The molecular formula is C29H22N4O6. The van der Waals surface area contributed by atoms with Gasteiger partial charge >= 0.3 is 5.97 Å². The predicted molar refractivity (Wildman–Crippen MR) is 143 cm³/mol. The molecule has 0 saturated carbocycles. The highest BCUT2D eigenvalue weighted by Crippen LogP contribution is 2.30. The molecule has 0 aliphatic carbocycles. The van der Waals surface area contributed by atoms with Gasteiger partial charge in [-0.3, -0.25) is 14.9 Å². The van der Waals surface area contributed by atoms with Crippen LogP contribution in [0.2, 0.25) is 0 Å². The minimum atomic E-state index is -0.744. The van der Waals surface area contributed by atoms with Gasteiger partial charge in [0.25, 0.3) is 5.69 Å². The Hall–Kier alpha value is -5.38. The first kappa shape index (κ1) is 25.3. The molecule has 0 bridgehead atoms. The van der Waals surface area contributed by atoms with Crippen LogP contribution in [0.1, 0.15) is 26.4 Å². The van der Waals surface area contributed by atoms with Crippen molar-refractivity contribution in [3.63, 3.8) is 0 Å². The number of pyridine rings is 1. The number of fused-ring (bicyclic) bond motifs is 1. The molecule has 5 aromatic rings. The summed E-state index contributed by atoms with van der Waals surface area (Å²) in [4.78, 5) is 41.4. The van der Waals surface area contributed by atoms with Crippen molar-refractivity contribution < 1.29 is 24.0 Å². The number of ether oxygens (including phenoxy) is 2. The molecule has 0 amide bonds. The van der Waals surface area contributed by atoms with E-state index in [2.05, 4.69) is 5.10 Å². The van der Waals surface area contributed by atoms with Gasteiger partial charge < -0.3 is 9.47 Å². The van der Waals surface area contributed by atoms with Gasteiger partial charge in [-0.2, -0.15) is 5.10 Å². The summed E-state index contributed by atoms with van der Waals surface area (Å²) in [6.45, 7) is 1.18. The summed E-state index contributed by atoms with van der Waals surface area (Å²) in [6.07, 6.45) is 0. The summed E-state index contributed by atoms with van der Waals surface area (Å²) in [7, 11) is 1.57. The zero-order chi connectivity index (χ0) is 27.5. The number of Topliss-reactive ketones (excluding diaryl/α,β-unsaturated/α-hetero) is 1. The lowest BCUT2D eigenvalue weighted by molar-refractivity contribution is -0.384. The Balaban J connectivity index is 1.55. The summed E-state index contributed by atoms with van der Waals surface area (Å²) in [5, 5.41) is 16.2. The van der Waals surface area contributed by atoms with E-state index in [1.54, 1.807) is 36.9 Å². The van der Waals surface area contributed by atoms with Gasteiger partial charge in [-0.1, -0.05) is 30.3 Å². The topological polar surface area (TPSA) is 126 Å². The van der Waals surface area contributed by atoms with Gasteiger partial charge in [-0.05, 0) is 49.4 Å². The van der Waals surface area contributed by atoms with E-state index in [4.69, 9.17) is 14.5 Å². The lowest BCUT2D eigenvalue weighted by atomic mass is 10.1. The number of hydrogen-bond acceptors (Lipinski definition) is 8. The van der Waals surface area contributed by atoms with E-state index in [9.17, 15) is 19.7 Å². The van der Waals surface area contributed by atoms with E-state index in [1.165, 1.54) is 18.2 Å². The molecule has 0 atom stereocenters. The molecule has 0 radical (unpaired) electrons. The van der Waals surface area contributed by atoms with Crippen molar-refractivity contribution in [2.45, 2.75) is 6.92 Å². The Morgan fingerprint density at radius 1 is 0.974 bits per heavy atom. The lowest BCUT2D eigenvalue weighted by Gasteiger charge is -2.10. The number of aryl methyl sites for hydroxylation is 1.